The van der Waals surface area contributed by atoms with Crippen LogP contribution in [0.5, 0.6) is 11.5 Å². The summed E-state index contributed by atoms with van der Waals surface area (Å²) in [4.78, 5) is 19.1. The number of carbonyl (C=O) groups excluding carboxylic acids is 1. The highest BCUT2D eigenvalue weighted by Crippen LogP contribution is 2.41. The topological polar surface area (TPSA) is 63.7 Å². The number of nitrogens with one attached hydrogen (secondary N) is 1. The molecule has 1 aliphatic heterocycles. The van der Waals surface area contributed by atoms with Gasteiger partial charge in [-0.1, -0.05) is 30.3 Å². The fraction of sp³-hybridized carbons (Fsp3) is 0.217. The summed E-state index contributed by atoms with van der Waals surface area (Å²) in [7, 11) is 3.26. The van der Waals surface area contributed by atoms with Crippen LogP contribution in [0.4, 0.5) is 10.5 Å². The van der Waals surface area contributed by atoms with E-state index in [2.05, 4.69) is 10.3 Å². The second-order valence-electron chi connectivity index (χ2n) is 6.83. The zero-order valence-electron chi connectivity index (χ0n) is 16.5. The largest absolute Gasteiger partial charge is 0.493 e. The molecule has 1 N–H and O–H groups in total. The molecule has 0 bridgehead atoms. The van der Waals surface area contributed by atoms with Crippen LogP contribution in [0.2, 0.25) is 0 Å². The van der Waals surface area contributed by atoms with Crippen LogP contribution in [0.15, 0.2) is 67.0 Å². The first-order valence-electron chi connectivity index (χ1n) is 9.48. The lowest BCUT2D eigenvalue weighted by molar-refractivity contribution is 0.193. The molecule has 2 amide bonds. The minimum absolute atomic E-state index is 0.160. The predicted molar refractivity (Wildman–Crippen MR) is 111 cm³/mol. The summed E-state index contributed by atoms with van der Waals surface area (Å²) in [6.45, 7) is 0.591. The number of hydrogen-bond donors (Lipinski definition) is 1. The van der Waals surface area contributed by atoms with Gasteiger partial charge in [-0.2, -0.15) is 0 Å². The van der Waals surface area contributed by atoms with E-state index < -0.39 is 0 Å². The number of fused-ring (bicyclic) bond motifs is 1. The average Bonchev–Trinajstić information content (AvgIpc) is 2.78. The number of amides is 2. The highest BCUT2D eigenvalue weighted by molar-refractivity contribution is 5.90. The van der Waals surface area contributed by atoms with Crippen molar-refractivity contribution in [2.75, 3.05) is 26.1 Å². The fourth-order valence-corrected chi connectivity index (χ4v) is 3.79. The van der Waals surface area contributed by atoms with Crippen molar-refractivity contribution in [3.05, 3.63) is 83.7 Å². The zero-order chi connectivity index (χ0) is 20.2. The number of aromatic nitrogens is 1. The molecule has 6 heteroatoms. The van der Waals surface area contributed by atoms with E-state index in [9.17, 15) is 4.79 Å². The highest BCUT2D eigenvalue weighted by atomic mass is 16.5. The molecular weight excluding hydrogens is 366 g/mol. The Morgan fingerprint density at radius 3 is 2.52 bits per heavy atom. The van der Waals surface area contributed by atoms with Gasteiger partial charge in [0.05, 0.1) is 32.1 Å². The van der Waals surface area contributed by atoms with Gasteiger partial charge in [-0.05, 0) is 47.4 Å². The highest BCUT2D eigenvalue weighted by Gasteiger charge is 2.33. The van der Waals surface area contributed by atoms with Crippen molar-refractivity contribution < 1.29 is 14.3 Å². The number of urea groups is 1. The van der Waals surface area contributed by atoms with Crippen LogP contribution < -0.4 is 14.8 Å². The number of rotatable bonds is 4. The van der Waals surface area contributed by atoms with E-state index in [1.54, 1.807) is 32.7 Å². The van der Waals surface area contributed by atoms with E-state index in [0.29, 0.717) is 23.7 Å². The molecule has 1 atom stereocenters. The van der Waals surface area contributed by atoms with Crippen molar-refractivity contribution in [3.8, 4) is 11.5 Å². The van der Waals surface area contributed by atoms with Gasteiger partial charge in [-0.3, -0.25) is 4.98 Å². The number of ether oxygens (including phenoxy) is 2. The lowest BCUT2D eigenvalue weighted by atomic mass is 9.88. The lowest BCUT2D eigenvalue weighted by Crippen LogP contribution is -2.43. The molecule has 4 rings (SSSR count). The Morgan fingerprint density at radius 1 is 1.07 bits per heavy atom. The summed E-state index contributed by atoms with van der Waals surface area (Å²) in [6.07, 6.45) is 4.06. The van der Waals surface area contributed by atoms with Crippen molar-refractivity contribution in [1.82, 2.24) is 9.88 Å². The summed E-state index contributed by atoms with van der Waals surface area (Å²) in [5, 5.41) is 2.96. The lowest BCUT2D eigenvalue weighted by Gasteiger charge is -2.38. The predicted octanol–water partition coefficient (Wildman–Crippen LogP) is 4.28. The molecule has 6 nitrogen and oxygen atoms in total. The van der Waals surface area contributed by atoms with Crippen LogP contribution in [0.1, 0.15) is 22.7 Å². The summed E-state index contributed by atoms with van der Waals surface area (Å²) in [6, 6.07) is 17.3. The minimum atomic E-state index is -0.226. The average molecular weight is 389 g/mol. The first kappa shape index (κ1) is 18.8. The number of nitrogens with zero attached hydrogens (tertiary/aromatic N) is 2. The van der Waals surface area contributed by atoms with Crippen molar-refractivity contribution in [2.24, 2.45) is 0 Å². The Morgan fingerprint density at radius 2 is 1.83 bits per heavy atom. The van der Waals surface area contributed by atoms with E-state index in [-0.39, 0.29) is 12.1 Å². The van der Waals surface area contributed by atoms with Crippen LogP contribution in [0, 0.1) is 0 Å². The zero-order valence-corrected chi connectivity index (χ0v) is 16.5. The number of pyridine rings is 1. The monoisotopic (exact) mass is 389 g/mol. The number of anilines is 1. The number of benzene rings is 2. The Kier molecular flexibility index (Phi) is 5.33. The van der Waals surface area contributed by atoms with E-state index in [0.717, 1.165) is 23.1 Å². The van der Waals surface area contributed by atoms with Crippen molar-refractivity contribution in [1.29, 1.82) is 0 Å². The van der Waals surface area contributed by atoms with Crippen LogP contribution in [0.25, 0.3) is 0 Å². The van der Waals surface area contributed by atoms with E-state index in [4.69, 9.17) is 9.47 Å². The minimum Gasteiger partial charge on any atom is -0.493 e. The smallest absolute Gasteiger partial charge is 0.322 e. The second kappa shape index (κ2) is 8.22. The summed E-state index contributed by atoms with van der Waals surface area (Å²) >= 11 is 0. The van der Waals surface area contributed by atoms with Gasteiger partial charge in [0.15, 0.2) is 11.5 Å². The Bertz CT molecular complexity index is 993. The molecule has 0 fully saturated rings. The molecule has 0 aliphatic carbocycles. The van der Waals surface area contributed by atoms with Gasteiger partial charge in [-0.15, -0.1) is 0 Å². The Labute approximate surface area is 170 Å². The molecule has 148 valence electrons. The summed E-state index contributed by atoms with van der Waals surface area (Å²) in [5.41, 5.74) is 3.91. The third-order valence-electron chi connectivity index (χ3n) is 5.16. The molecule has 0 saturated carbocycles. The fourth-order valence-electron chi connectivity index (χ4n) is 3.79. The maximum absolute atomic E-state index is 13.2. The molecule has 29 heavy (non-hydrogen) atoms. The Hall–Kier alpha value is -3.54. The number of hydrogen-bond acceptors (Lipinski definition) is 4. The molecule has 2 heterocycles. The van der Waals surface area contributed by atoms with Gasteiger partial charge < -0.3 is 19.7 Å². The number of carbonyl (C=O) groups is 1. The van der Waals surface area contributed by atoms with Crippen LogP contribution in [-0.2, 0) is 6.42 Å². The van der Waals surface area contributed by atoms with Crippen LogP contribution in [0.3, 0.4) is 0 Å². The molecule has 1 aromatic heterocycles. The van der Waals surface area contributed by atoms with Crippen LogP contribution in [-0.4, -0.2) is 36.7 Å². The summed E-state index contributed by atoms with van der Waals surface area (Å²) < 4.78 is 11.0. The quantitative estimate of drug-likeness (QED) is 0.723. The molecule has 0 saturated heterocycles. The first-order chi connectivity index (χ1) is 14.2. The second-order valence-corrected chi connectivity index (χ2v) is 6.83. The number of methoxy groups -OCH3 is 2. The normalized spacial score (nSPS) is 15.4. The molecule has 2 aromatic carbocycles. The standard InChI is InChI=1S/C23H23N3O3/c1-28-20-13-17-10-12-26(23(27)25-18-9-6-11-24-15-18)22(16-7-4-3-5-8-16)19(17)14-21(20)29-2/h3-9,11,13-15,22H,10,12H2,1-2H3,(H,25,27)/t22-/m1/s1. The van der Waals surface area contributed by atoms with Gasteiger partial charge in [-0.25, -0.2) is 4.79 Å². The van der Waals surface area contributed by atoms with Crippen molar-refractivity contribution in [2.45, 2.75) is 12.5 Å². The molecule has 0 radical (unpaired) electrons. The van der Waals surface area contributed by atoms with Gasteiger partial charge in [0.25, 0.3) is 0 Å². The van der Waals surface area contributed by atoms with E-state index >= 15 is 0 Å². The SMILES string of the molecule is COc1cc2c(cc1OC)[C@@H](c1ccccc1)N(C(=O)Nc1cccnc1)CC2. The molecule has 3 aromatic rings. The third-order valence-corrected chi connectivity index (χ3v) is 5.16. The Balaban J connectivity index is 1.76. The van der Waals surface area contributed by atoms with Gasteiger partial charge in [0, 0.05) is 12.7 Å². The molecule has 0 unspecified atom stereocenters. The molecular formula is C23H23N3O3. The molecule has 1 aliphatic rings. The maximum Gasteiger partial charge on any atom is 0.322 e. The van der Waals surface area contributed by atoms with Gasteiger partial charge in [0.1, 0.15) is 0 Å². The third kappa shape index (κ3) is 3.74. The first-order valence-corrected chi connectivity index (χ1v) is 9.48. The molecule has 0 spiro atoms. The van der Waals surface area contributed by atoms with Gasteiger partial charge in [0.2, 0.25) is 0 Å². The van der Waals surface area contributed by atoms with Crippen molar-refractivity contribution in [3.63, 3.8) is 0 Å². The van der Waals surface area contributed by atoms with E-state index in [1.165, 1.54) is 0 Å². The van der Waals surface area contributed by atoms with Gasteiger partial charge >= 0.3 is 6.03 Å². The van der Waals surface area contributed by atoms with E-state index in [1.807, 2.05) is 53.4 Å². The van der Waals surface area contributed by atoms with Crippen molar-refractivity contribution >= 4 is 11.7 Å². The summed E-state index contributed by atoms with van der Waals surface area (Å²) in [5.74, 6) is 1.35. The van der Waals surface area contributed by atoms with Crippen LogP contribution >= 0.6 is 0 Å². The maximum atomic E-state index is 13.2.